The van der Waals surface area contributed by atoms with Crippen LogP contribution >= 0.6 is 23.4 Å². The molecule has 0 spiro atoms. The predicted octanol–water partition coefficient (Wildman–Crippen LogP) is 2.90. The molecule has 0 aliphatic carbocycles. The first-order valence-electron chi connectivity index (χ1n) is 2.63. The fraction of sp³-hybridized carbons (Fsp3) is 0.286. The molecule has 54 valence electrons. The number of nitriles is 1. The molecule has 0 aromatic heterocycles. The zero-order chi connectivity index (χ0) is 8.15. The second-order valence-electron chi connectivity index (χ2n) is 1.74. The SMILES string of the molecule is C=C(C)C(C#N)=C(Cl)SC. The van der Waals surface area contributed by atoms with E-state index in [-0.39, 0.29) is 0 Å². The average Bonchev–Trinajstić information content (AvgIpc) is 1.88. The third-order valence-electron chi connectivity index (χ3n) is 0.914. The van der Waals surface area contributed by atoms with Crippen LogP contribution in [0.25, 0.3) is 0 Å². The van der Waals surface area contributed by atoms with Crippen molar-refractivity contribution >= 4 is 23.4 Å². The van der Waals surface area contributed by atoms with Crippen molar-refractivity contribution in [2.75, 3.05) is 6.26 Å². The van der Waals surface area contributed by atoms with Crippen LogP contribution in [-0.2, 0) is 0 Å². The summed E-state index contributed by atoms with van der Waals surface area (Å²) >= 11 is 7.03. The van der Waals surface area contributed by atoms with Gasteiger partial charge >= 0.3 is 0 Å². The maximum absolute atomic E-state index is 8.53. The van der Waals surface area contributed by atoms with Gasteiger partial charge in [-0.25, -0.2) is 0 Å². The quantitative estimate of drug-likeness (QED) is 0.474. The van der Waals surface area contributed by atoms with Gasteiger partial charge in [0.1, 0.15) is 6.07 Å². The molecule has 0 N–H and O–H groups in total. The van der Waals surface area contributed by atoms with Crippen LogP contribution in [0.5, 0.6) is 0 Å². The molecular formula is C7H8ClNS. The first-order valence-corrected chi connectivity index (χ1v) is 4.23. The molecule has 0 aromatic rings. The minimum atomic E-state index is 0.481. The molecule has 0 atom stereocenters. The zero-order valence-electron chi connectivity index (χ0n) is 5.94. The molecule has 0 heterocycles. The Kier molecular flexibility index (Phi) is 4.26. The number of rotatable bonds is 2. The van der Waals surface area contributed by atoms with Gasteiger partial charge < -0.3 is 0 Å². The van der Waals surface area contributed by atoms with Crippen molar-refractivity contribution in [2.24, 2.45) is 0 Å². The summed E-state index contributed by atoms with van der Waals surface area (Å²) in [6.07, 6.45) is 1.82. The third-order valence-corrected chi connectivity index (χ3v) is 2.13. The van der Waals surface area contributed by atoms with Crippen molar-refractivity contribution in [1.29, 1.82) is 5.26 Å². The highest BCUT2D eigenvalue weighted by Crippen LogP contribution is 2.24. The molecule has 0 rings (SSSR count). The molecule has 0 aromatic carbocycles. The van der Waals surface area contributed by atoms with E-state index in [0.717, 1.165) is 0 Å². The normalized spacial score (nSPS) is 11.8. The van der Waals surface area contributed by atoms with Gasteiger partial charge in [-0.3, -0.25) is 0 Å². The number of hydrogen-bond donors (Lipinski definition) is 0. The van der Waals surface area contributed by atoms with Crippen LogP contribution in [0.15, 0.2) is 22.1 Å². The van der Waals surface area contributed by atoms with Gasteiger partial charge in [0, 0.05) is 0 Å². The first-order chi connectivity index (χ1) is 4.63. The zero-order valence-corrected chi connectivity index (χ0v) is 7.51. The molecule has 1 nitrogen and oxygen atoms in total. The van der Waals surface area contributed by atoms with Crippen LogP contribution in [0.2, 0.25) is 0 Å². The molecule has 0 unspecified atom stereocenters. The minimum Gasteiger partial charge on any atom is -0.192 e. The molecule has 0 aliphatic rings. The van der Waals surface area contributed by atoms with Crippen LogP contribution in [0.1, 0.15) is 6.92 Å². The van der Waals surface area contributed by atoms with Crippen LogP contribution in [0.4, 0.5) is 0 Å². The summed E-state index contributed by atoms with van der Waals surface area (Å²) < 4.78 is 0.509. The molecule has 0 saturated heterocycles. The summed E-state index contributed by atoms with van der Waals surface area (Å²) in [4.78, 5) is 0. The van der Waals surface area contributed by atoms with Gasteiger partial charge in [-0.1, -0.05) is 18.2 Å². The van der Waals surface area contributed by atoms with Crippen LogP contribution < -0.4 is 0 Å². The molecule has 10 heavy (non-hydrogen) atoms. The smallest absolute Gasteiger partial charge is 0.102 e. The molecule has 3 heteroatoms. The lowest BCUT2D eigenvalue weighted by atomic mass is 10.2. The number of nitrogens with zero attached hydrogens (tertiary/aromatic N) is 1. The molecule has 0 aliphatic heterocycles. The largest absolute Gasteiger partial charge is 0.192 e. The second kappa shape index (κ2) is 4.43. The standard InChI is InChI=1S/C7H8ClNS/c1-5(2)6(4-9)7(8)10-3/h1H2,2-3H3. The Bertz CT molecular complexity index is 212. The van der Waals surface area contributed by atoms with E-state index < -0.39 is 0 Å². The van der Waals surface area contributed by atoms with Gasteiger partial charge in [-0.15, -0.1) is 11.8 Å². The van der Waals surface area contributed by atoms with Gasteiger partial charge in [0.25, 0.3) is 0 Å². The molecule has 0 saturated carbocycles. The van der Waals surface area contributed by atoms with Gasteiger partial charge in [0.2, 0.25) is 0 Å². The van der Waals surface area contributed by atoms with Crippen LogP contribution in [0.3, 0.4) is 0 Å². The van der Waals surface area contributed by atoms with Crippen LogP contribution in [0, 0.1) is 11.3 Å². The summed E-state index contributed by atoms with van der Waals surface area (Å²) in [6, 6.07) is 1.98. The summed E-state index contributed by atoms with van der Waals surface area (Å²) in [5.41, 5.74) is 1.19. The molecule has 0 amide bonds. The van der Waals surface area contributed by atoms with Gasteiger partial charge in [-0.2, -0.15) is 5.26 Å². The van der Waals surface area contributed by atoms with E-state index in [1.807, 2.05) is 12.3 Å². The Balaban J connectivity index is 4.68. The van der Waals surface area contributed by atoms with Crippen molar-refractivity contribution in [1.82, 2.24) is 0 Å². The lowest BCUT2D eigenvalue weighted by Crippen LogP contribution is -1.80. The molecule has 0 bridgehead atoms. The van der Waals surface area contributed by atoms with E-state index in [0.29, 0.717) is 15.5 Å². The summed E-state index contributed by atoms with van der Waals surface area (Å²) in [5, 5.41) is 8.53. The average molecular weight is 174 g/mol. The van der Waals surface area contributed by atoms with E-state index in [4.69, 9.17) is 16.9 Å². The molecular weight excluding hydrogens is 166 g/mol. The monoisotopic (exact) mass is 173 g/mol. The lowest BCUT2D eigenvalue weighted by molar-refractivity contribution is 1.42. The Labute approximate surface area is 70.4 Å². The highest BCUT2D eigenvalue weighted by molar-refractivity contribution is 8.03. The van der Waals surface area contributed by atoms with E-state index in [1.165, 1.54) is 11.8 Å². The fourth-order valence-corrected chi connectivity index (χ4v) is 1.04. The van der Waals surface area contributed by atoms with Crippen molar-refractivity contribution in [3.8, 4) is 6.07 Å². The molecule has 0 radical (unpaired) electrons. The highest BCUT2D eigenvalue weighted by Gasteiger charge is 2.01. The third kappa shape index (κ3) is 2.47. The number of hydrogen-bond acceptors (Lipinski definition) is 2. The Morgan fingerprint density at radius 1 is 1.70 bits per heavy atom. The Morgan fingerprint density at radius 3 is 2.30 bits per heavy atom. The van der Waals surface area contributed by atoms with E-state index in [1.54, 1.807) is 6.92 Å². The maximum atomic E-state index is 8.53. The van der Waals surface area contributed by atoms with E-state index in [2.05, 4.69) is 6.58 Å². The topological polar surface area (TPSA) is 23.8 Å². The van der Waals surface area contributed by atoms with Gasteiger partial charge in [-0.05, 0) is 18.8 Å². The Hall–Kier alpha value is -0.390. The molecule has 0 fully saturated rings. The number of allylic oxidation sites excluding steroid dienone is 2. The summed E-state index contributed by atoms with van der Waals surface area (Å²) in [6.45, 7) is 5.38. The fourth-order valence-electron chi connectivity index (χ4n) is 0.409. The van der Waals surface area contributed by atoms with Gasteiger partial charge in [0.05, 0.1) is 9.94 Å². The van der Waals surface area contributed by atoms with E-state index >= 15 is 0 Å². The lowest BCUT2D eigenvalue weighted by Gasteiger charge is -1.97. The second-order valence-corrected chi connectivity index (χ2v) is 3.16. The maximum Gasteiger partial charge on any atom is 0.102 e. The highest BCUT2D eigenvalue weighted by atomic mass is 35.5. The summed E-state index contributed by atoms with van der Waals surface area (Å²) in [7, 11) is 0. The number of thioether (sulfide) groups is 1. The van der Waals surface area contributed by atoms with Crippen molar-refractivity contribution in [3.63, 3.8) is 0 Å². The Morgan fingerprint density at radius 2 is 2.20 bits per heavy atom. The minimum absolute atomic E-state index is 0.481. The van der Waals surface area contributed by atoms with E-state index in [9.17, 15) is 0 Å². The van der Waals surface area contributed by atoms with Gasteiger partial charge in [0.15, 0.2) is 0 Å². The van der Waals surface area contributed by atoms with Crippen molar-refractivity contribution in [2.45, 2.75) is 6.92 Å². The summed E-state index contributed by atoms with van der Waals surface area (Å²) in [5.74, 6) is 0. The first kappa shape index (κ1) is 9.61. The van der Waals surface area contributed by atoms with Crippen molar-refractivity contribution < 1.29 is 0 Å². The predicted molar refractivity (Wildman–Crippen MR) is 46.8 cm³/mol. The number of halogens is 1. The van der Waals surface area contributed by atoms with Crippen molar-refractivity contribution in [3.05, 3.63) is 22.1 Å². The van der Waals surface area contributed by atoms with Crippen LogP contribution in [-0.4, -0.2) is 6.26 Å².